The molecule has 2 aliphatic rings. The monoisotopic (exact) mass is 227 g/mol. The van der Waals surface area contributed by atoms with Gasteiger partial charge in [-0.05, 0) is 36.2 Å². The zero-order valence-corrected chi connectivity index (χ0v) is 9.23. The smallest absolute Gasteiger partial charge is 0.161 e. The fraction of sp³-hybridized carbons (Fsp3) is 0.455. The summed E-state index contributed by atoms with van der Waals surface area (Å²) in [6, 6.07) is 4.24. The number of benzene rings is 1. The van der Waals surface area contributed by atoms with Crippen LogP contribution in [0.4, 0.5) is 0 Å². The van der Waals surface area contributed by atoms with Gasteiger partial charge in [-0.1, -0.05) is 0 Å². The van der Waals surface area contributed by atoms with Crippen LogP contribution in [0.2, 0.25) is 0 Å². The molecule has 2 aliphatic heterocycles. The largest absolute Gasteiger partial charge is 0.486 e. The Labute approximate surface area is 95.2 Å². The molecule has 1 N–H and O–H groups in total. The predicted octanol–water partition coefficient (Wildman–Crippen LogP) is 1.53. The summed E-state index contributed by atoms with van der Waals surface area (Å²) in [6.45, 7) is 3.35. The summed E-state index contributed by atoms with van der Waals surface area (Å²) in [4.78, 5) is 0. The van der Waals surface area contributed by atoms with Crippen molar-refractivity contribution in [2.45, 2.75) is 13.0 Å². The molecule has 3 nitrogen and oxygen atoms in total. The van der Waals surface area contributed by atoms with E-state index in [1.807, 2.05) is 0 Å². The van der Waals surface area contributed by atoms with Crippen molar-refractivity contribution in [1.29, 1.82) is 0 Å². The lowest BCUT2D eigenvalue weighted by Crippen LogP contribution is -2.24. The van der Waals surface area contributed by atoms with Crippen LogP contribution in [0, 0.1) is 0 Å². The molecule has 3 rings (SSSR count). The van der Waals surface area contributed by atoms with Gasteiger partial charge in [0.1, 0.15) is 13.2 Å². The summed E-state index contributed by atoms with van der Waals surface area (Å²) >= 11 is 0. The van der Waals surface area contributed by atoms with Gasteiger partial charge in [0.15, 0.2) is 11.5 Å². The van der Waals surface area contributed by atoms with Gasteiger partial charge in [-0.15, -0.1) is 12.4 Å². The minimum absolute atomic E-state index is 0. The van der Waals surface area contributed by atoms with Crippen LogP contribution in [-0.2, 0) is 13.0 Å². The lowest BCUT2D eigenvalue weighted by molar-refractivity contribution is 0.171. The van der Waals surface area contributed by atoms with E-state index in [0.717, 1.165) is 31.0 Å². The highest BCUT2D eigenvalue weighted by molar-refractivity contribution is 5.85. The predicted molar refractivity (Wildman–Crippen MR) is 60.1 cm³/mol. The highest BCUT2D eigenvalue weighted by atomic mass is 35.5. The van der Waals surface area contributed by atoms with E-state index in [4.69, 9.17) is 9.47 Å². The van der Waals surface area contributed by atoms with Crippen molar-refractivity contribution in [2.75, 3.05) is 19.8 Å². The average molecular weight is 228 g/mol. The Kier molecular flexibility index (Phi) is 3.03. The summed E-state index contributed by atoms with van der Waals surface area (Å²) in [5.41, 5.74) is 2.74. The number of hydrogen-bond donors (Lipinski definition) is 1. The van der Waals surface area contributed by atoms with E-state index in [-0.39, 0.29) is 12.4 Å². The lowest BCUT2D eigenvalue weighted by Gasteiger charge is -2.23. The average Bonchev–Trinajstić information content (AvgIpc) is 2.26. The van der Waals surface area contributed by atoms with Gasteiger partial charge in [-0.25, -0.2) is 0 Å². The third-order valence-electron chi connectivity index (χ3n) is 2.75. The number of nitrogens with one attached hydrogen (secondary N) is 1. The Morgan fingerprint density at radius 3 is 2.40 bits per heavy atom. The van der Waals surface area contributed by atoms with Crippen LogP contribution in [0.3, 0.4) is 0 Å². The number of hydrogen-bond acceptors (Lipinski definition) is 3. The van der Waals surface area contributed by atoms with Crippen LogP contribution in [-0.4, -0.2) is 19.8 Å². The normalized spacial score (nSPS) is 17.6. The van der Waals surface area contributed by atoms with Gasteiger partial charge in [-0.2, -0.15) is 0 Å². The molecule has 0 fully saturated rings. The van der Waals surface area contributed by atoms with E-state index in [9.17, 15) is 0 Å². The second kappa shape index (κ2) is 4.29. The Hall–Kier alpha value is -0.930. The highest BCUT2D eigenvalue weighted by Gasteiger charge is 2.17. The summed E-state index contributed by atoms with van der Waals surface area (Å²) < 4.78 is 11.1. The van der Waals surface area contributed by atoms with E-state index >= 15 is 0 Å². The van der Waals surface area contributed by atoms with Crippen molar-refractivity contribution in [1.82, 2.24) is 5.32 Å². The number of halogens is 1. The van der Waals surface area contributed by atoms with Crippen LogP contribution in [0.5, 0.6) is 11.5 Å². The molecule has 0 spiro atoms. The summed E-state index contributed by atoms with van der Waals surface area (Å²) in [7, 11) is 0. The lowest BCUT2D eigenvalue weighted by atomic mass is 10.0. The molecular formula is C11H14ClNO2. The fourth-order valence-corrected chi connectivity index (χ4v) is 2.02. The van der Waals surface area contributed by atoms with Gasteiger partial charge in [0.05, 0.1) is 0 Å². The molecule has 1 aromatic carbocycles. The number of rotatable bonds is 0. The molecule has 0 bridgehead atoms. The van der Waals surface area contributed by atoms with Crippen LogP contribution < -0.4 is 14.8 Å². The van der Waals surface area contributed by atoms with Crippen molar-refractivity contribution in [2.24, 2.45) is 0 Å². The van der Waals surface area contributed by atoms with Gasteiger partial charge in [0.2, 0.25) is 0 Å². The van der Waals surface area contributed by atoms with Crippen LogP contribution in [0.25, 0.3) is 0 Å². The third-order valence-corrected chi connectivity index (χ3v) is 2.75. The maximum Gasteiger partial charge on any atom is 0.161 e. The molecule has 0 saturated heterocycles. The fourth-order valence-electron chi connectivity index (χ4n) is 2.02. The number of fused-ring (bicyclic) bond motifs is 2. The van der Waals surface area contributed by atoms with Gasteiger partial charge in [0.25, 0.3) is 0 Å². The minimum atomic E-state index is 0. The Bertz CT molecular complexity index is 302. The topological polar surface area (TPSA) is 30.5 Å². The van der Waals surface area contributed by atoms with Gasteiger partial charge < -0.3 is 14.8 Å². The van der Waals surface area contributed by atoms with E-state index in [2.05, 4.69) is 17.4 Å². The maximum atomic E-state index is 5.54. The Morgan fingerprint density at radius 1 is 1.00 bits per heavy atom. The van der Waals surface area contributed by atoms with E-state index in [1.165, 1.54) is 11.1 Å². The molecule has 4 heteroatoms. The zero-order valence-electron chi connectivity index (χ0n) is 8.41. The summed E-state index contributed by atoms with van der Waals surface area (Å²) in [5, 5.41) is 3.35. The van der Waals surface area contributed by atoms with Crippen molar-refractivity contribution in [3.8, 4) is 11.5 Å². The number of ether oxygens (including phenoxy) is 2. The van der Waals surface area contributed by atoms with Gasteiger partial charge in [-0.3, -0.25) is 0 Å². The highest BCUT2D eigenvalue weighted by Crippen LogP contribution is 2.34. The molecule has 2 heterocycles. The van der Waals surface area contributed by atoms with Crippen molar-refractivity contribution >= 4 is 12.4 Å². The maximum absolute atomic E-state index is 5.54. The molecule has 1 aromatic rings. The van der Waals surface area contributed by atoms with Crippen LogP contribution >= 0.6 is 12.4 Å². The van der Waals surface area contributed by atoms with Crippen molar-refractivity contribution in [3.63, 3.8) is 0 Å². The minimum Gasteiger partial charge on any atom is -0.486 e. The second-order valence-corrected chi connectivity index (χ2v) is 3.69. The molecule has 0 aromatic heterocycles. The Balaban J connectivity index is 0.000000853. The van der Waals surface area contributed by atoms with E-state index in [1.54, 1.807) is 0 Å². The molecule has 0 unspecified atom stereocenters. The molecule has 0 amide bonds. The summed E-state index contributed by atoms with van der Waals surface area (Å²) in [5.74, 6) is 1.82. The molecular weight excluding hydrogens is 214 g/mol. The first-order valence-electron chi connectivity index (χ1n) is 5.05. The first-order chi connectivity index (χ1) is 6.93. The first kappa shape index (κ1) is 10.6. The SMILES string of the molecule is Cl.c1c2c(cc3c1OCCO3)CNCC2. The molecule has 15 heavy (non-hydrogen) atoms. The molecule has 0 atom stereocenters. The molecule has 82 valence electrons. The second-order valence-electron chi connectivity index (χ2n) is 3.69. The van der Waals surface area contributed by atoms with Crippen molar-refractivity contribution < 1.29 is 9.47 Å². The van der Waals surface area contributed by atoms with Gasteiger partial charge >= 0.3 is 0 Å². The van der Waals surface area contributed by atoms with Gasteiger partial charge in [0, 0.05) is 6.54 Å². The zero-order chi connectivity index (χ0) is 9.38. The van der Waals surface area contributed by atoms with E-state index in [0.29, 0.717) is 13.2 Å². The Morgan fingerprint density at radius 2 is 1.67 bits per heavy atom. The molecule has 0 aliphatic carbocycles. The molecule has 0 radical (unpaired) electrons. The first-order valence-corrected chi connectivity index (χ1v) is 5.05. The van der Waals surface area contributed by atoms with E-state index < -0.39 is 0 Å². The standard InChI is InChI=1S/C11H13NO2.ClH/c1-2-12-7-9-6-11-10(5-8(1)9)13-3-4-14-11;/h5-6,12H,1-4,7H2;1H. The van der Waals surface area contributed by atoms with Crippen LogP contribution in [0.1, 0.15) is 11.1 Å². The third kappa shape index (κ3) is 1.90. The van der Waals surface area contributed by atoms with Crippen molar-refractivity contribution in [3.05, 3.63) is 23.3 Å². The van der Waals surface area contributed by atoms with Crippen LogP contribution in [0.15, 0.2) is 12.1 Å². The summed E-state index contributed by atoms with van der Waals surface area (Å²) in [6.07, 6.45) is 1.09. The quantitative estimate of drug-likeness (QED) is 0.729. The molecule has 0 saturated carbocycles.